The fourth-order valence-electron chi connectivity index (χ4n) is 3.32. The van der Waals surface area contributed by atoms with E-state index in [1.165, 1.54) is 37.0 Å². The second-order valence-corrected chi connectivity index (χ2v) is 8.78. The number of hydrogen-bond donors (Lipinski definition) is 4. The number of carbonyl (C=O) groups excluding carboxylic acids is 2. The van der Waals surface area contributed by atoms with Gasteiger partial charge in [-0.1, -0.05) is 22.9 Å². The number of nitrogens with zero attached hydrogens (tertiary/aromatic N) is 6. The van der Waals surface area contributed by atoms with Crippen LogP contribution < -0.4 is 16.0 Å². The van der Waals surface area contributed by atoms with Gasteiger partial charge in [0.1, 0.15) is 16.5 Å². The number of H-pyrrole nitrogens is 1. The van der Waals surface area contributed by atoms with Crippen LogP contribution in [0.25, 0.3) is 21.5 Å². The van der Waals surface area contributed by atoms with E-state index in [0.29, 0.717) is 32.1 Å². The Morgan fingerprint density at radius 1 is 1.14 bits per heavy atom. The molecular formula is C22H17ClN10O2S. The summed E-state index contributed by atoms with van der Waals surface area (Å²) in [5, 5.41) is 26.0. The second kappa shape index (κ2) is 10.0. The van der Waals surface area contributed by atoms with E-state index < -0.39 is 5.91 Å². The highest BCUT2D eigenvalue weighted by Gasteiger charge is 2.16. The number of nitrogens with one attached hydrogen (secondary N) is 4. The Balaban J connectivity index is 1.40. The Morgan fingerprint density at radius 2 is 2.03 bits per heavy atom. The monoisotopic (exact) mass is 520 g/mol. The molecule has 0 saturated heterocycles. The Hall–Kier alpha value is -4.49. The molecule has 2 amide bonds. The topological polar surface area (TPSA) is 163 Å². The lowest BCUT2D eigenvalue weighted by Crippen LogP contribution is -2.21. The summed E-state index contributed by atoms with van der Waals surface area (Å²) in [6.45, 7) is 0. The van der Waals surface area contributed by atoms with Gasteiger partial charge in [0.25, 0.3) is 5.91 Å². The standard InChI is InChI=1S/C22H17ClN10O2S/c1-24-20(35)16-6-11(7-17(28-16)30-18(34)8-12-9-25-4-5-26-12)21-32-33-22(36-21)29-15-3-2-14-13(19(15)23)10-27-31-14/h2-7,9-10H,8H2,1H3,(H,24,35)(H,27,31)(H,29,33)(H,28,30,34). The summed E-state index contributed by atoms with van der Waals surface area (Å²) in [7, 11) is 1.50. The van der Waals surface area contributed by atoms with E-state index in [9.17, 15) is 9.59 Å². The highest BCUT2D eigenvalue weighted by atomic mass is 35.5. The number of aromatic amines is 1. The van der Waals surface area contributed by atoms with Gasteiger partial charge >= 0.3 is 0 Å². The van der Waals surface area contributed by atoms with Gasteiger partial charge in [0.15, 0.2) is 0 Å². The number of carbonyl (C=O) groups is 2. The SMILES string of the molecule is CNC(=O)c1cc(-c2nnc(Nc3ccc4[nH]ncc4c3Cl)s2)cc(NC(=O)Cc2cnccn2)n1. The summed E-state index contributed by atoms with van der Waals surface area (Å²) in [5.74, 6) is -0.575. The third kappa shape index (κ3) is 4.96. The Bertz CT molecular complexity index is 1570. The smallest absolute Gasteiger partial charge is 0.269 e. The number of aromatic nitrogens is 7. The first-order chi connectivity index (χ1) is 17.5. The molecule has 5 rings (SSSR count). The first-order valence-corrected chi connectivity index (χ1v) is 11.7. The highest BCUT2D eigenvalue weighted by Crippen LogP contribution is 2.35. The van der Waals surface area contributed by atoms with E-state index in [1.54, 1.807) is 18.3 Å². The van der Waals surface area contributed by atoms with E-state index in [2.05, 4.69) is 51.3 Å². The third-order valence-corrected chi connectivity index (χ3v) is 6.28. The van der Waals surface area contributed by atoms with Crippen LogP contribution in [0.3, 0.4) is 0 Å². The number of halogens is 1. The molecule has 12 nitrogen and oxygen atoms in total. The summed E-state index contributed by atoms with van der Waals surface area (Å²) in [6, 6.07) is 6.86. The van der Waals surface area contributed by atoms with Crippen LogP contribution in [0.15, 0.2) is 49.1 Å². The molecule has 0 unspecified atom stereocenters. The normalized spacial score (nSPS) is 10.8. The zero-order chi connectivity index (χ0) is 25.1. The van der Waals surface area contributed by atoms with Gasteiger partial charge in [-0.05, 0) is 24.3 Å². The quantitative estimate of drug-likeness (QED) is 0.252. The largest absolute Gasteiger partial charge is 0.354 e. The minimum atomic E-state index is -0.413. The zero-order valence-electron chi connectivity index (χ0n) is 18.6. The van der Waals surface area contributed by atoms with E-state index in [0.717, 1.165) is 10.9 Å². The van der Waals surface area contributed by atoms with Gasteiger partial charge in [0.05, 0.1) is 34.5 Å². The predicted octanol–water partition coefficient (Wildman–Crippen LogP) is 3.20. The molecule has 0 aliphatic carbocycles. The van der Waals surface area contributed by atoms with Crippen molar-refractivity contribution < 1.29 is 9.59 Å². The minimum absolute atomic E-state index is 0.00367. The average Bonchev–Trinajstić information content (AvgIpc) is 3.56. The highest BCUT2D eigenvalue weighted by molar-refractivity contribution is 7.18. The maximum Gasteiger partial charge on any atom is 0.269 e. The lowest BCUT2D eigenvalue weighted by molar-refractivity contribution is -0.115. The Morgan fingerprint density at radius 3 is 2.83 bits per heavy atom. The van der Waals surface area contributed by atoms with Crippen molar-refractivity contribution in [1.29, 1.82) is 0 Å². The van der Waals surface area contributed by atoms with E-state index in [4.69, 9.17) is 11.6 Å². The second-order valence-electron chi connectivity index (χ2n) is 7.42. The molecule has 5 aromatic rings. The average molecular weight is 521 g/mol. The summed E-state index contributed by atoms with van der Waals surface area (Å²) >= 11 is 7.74. The van der Waals surface area contributed by atoms with Gasteiger partial charge in [-0.15, -0.1) is 10.2 Å². The molecule has 0 fully saturated rings. The van der Waals surface area contributed by atoms with Crippen LogP contribution in [0.5, 0.6) is 0 Å². The minimum Gasteiger partial charge on any atom is -0.354 e. The maximum absolute atomic E-state index is 12.5. The van der Waals surface area contributed by atoms with Crippen LogP contribution in [0, 0.1) is 0 Å². The van der Waals surface area contributed by atoms with Crippen LogP contribution in [0.1, 0.15) is 16.2 Å². The molecular weight excluding hydrogens is 504 g/mol. The molecule has 0 aliphatic rings. The Labute approximate surface area is 212 Å². The molecule has 0 spiro atoms. The maximum atomic E-state index is 12.5. The number of amides is 2. The van der Waals surface area contributed by atoms with Crippen LogP contribution in [0.4, 0.5) is 16.6 Å². The zero-order valence-corrected chi connectivity index (χ0v) is 20.2. The summed E-state index contributed by atoms with van der Waals surface area (Å²) in [6.07, 6.45) is 6.19. The fourth-order valence-corrected chi connectivity index (χ4v) is 4.32. The van der Waals surface area contributed by atoms with Crippen molar-refractivity contribution in [2.75, 3.05) is 17.7 Å². The summed E-state index contributed by atoms with van der Waals surface area (Å²) in [5.41, 5.74) is 2.63. The van der Waals surface area contributed by atoms with Gasteiger partial charge in [-0.3, -0.25) is 24.7 Å². The van der Waals surface area contributed by atoms with Crippen LogP contribution in [-0.2, 0) is 11.2 Å². The van der Waals surface area contributed by atoms with Gasteiger partial charge in [-0.2, -0.15) is 5.10 Å². The molecule has 0 bridgehead atoms. The molecule has 14 heteroatoms. The number of hydrogen-bond acceptors (Lipinski definition) is 10. The van der Waals surface area contributed by atoms with Gasteiger partial charge in [0, 0.05) is 36.6 Å². The molecule has 0 aliphatic heterocycles. The van der Waals surface area contributed by atoms with Gasteiger partial charge < -0.3 is 16.0 Å². The van der Waals surface area contributed by atoms with Crippen LogP contribution >= 0.6 is 22.9 Å². The summed E-state index contributed by atoms with van der Waals surface area (Å²) < 4.78 is 0. The molecule has 0 radical (unpaired) electrons. The van der Waals surface area contributed by atoms with E-state index in [1.807, 2.05) is 12.1 Å². The first-order valence-electron chi connectivity index (χ1n) is 10.5. The molecule has 0 atom stereocenters. The fraction of sp³-hybridized carbons (Fsp3) is 0.0909. The van der Waals surface area contributed by atoms with Crippen molar-refractivity contribution in [1.82, 2.24) is 40.7 Å². The number of benzene rings is 1. The molecule has 4 aromatic heterocycles. The number of fused-ring (bicyclic) bond motifs is 1. The van der Waals surface area contributed by atoms with Crippen molar-refractivity contribution in [2.24, 2.45) is 0 Å². The summed E-state index contributed by atoms with van der Waals surface area (Å²) in [4.78, 5) is 37.1. The molecule has 0 saturated carbocycles. The first kappa shape index (κ1) is 23.3. The number of rotatable bonds is 7. The number of pyridine rings is 1. The van der Waals surface area contributed by atoms with Crippen molar-refractivity contribution in [3.05, 3.63) is 65.5 Å². The van der Waals surface area contributed by atoms with E-state index >= 15 is 0 Å². The lowest BCUT2D eigenvalue weighted by Gasteiger charge is -2.08. The Kier molecular flexibility index (Phi) is 6.47. The molecule has 4 N–H and O–H groups in total. The van der Waals surface area contributed by atoms with Crippen LogP contribution in [-0.4, -0.2) is 54.2 Å². The lowest BCUT2D eigenvalue weighted by atomic mass is 10.2. The van der Waals surface area contributed by atoms with Crippen molar-refractivity contribution in [3.63, 3.8) is 0 Å². The van der Waals surface area contributed by atoms with Gasteiger partial charge in [0.2, 0.25) is 11.0 Å². The number of anilines is 3. The van der Waals surface area contributed by atoms with Crippen molar-refractivity contribution >= 4 is 62.3 Å². The van der Waals surface area contributed by atoms with Crippen molar-refractivity contribution in [3.8, 4) is 10.6 Å². The third-order valence-electron chi connectivity index (χ3n) is 4.98. The van der Waals surface area contributed by atoms with Crippen molar-refractivity contribution in [2.45, 2.75) is 6.42 Å². The molecule has 180 valence electrons. The van der Waals surface area contributed by atoms with Gasteiger partial charge in [-0.25, -0.2) is 4.98 Å². The molecule has 36 heavy (non-hydrogen) atoms. The van der Waals surface area contributed by atoms with Crippen LogP contribution in [0.2, 0.25) is 5.02 Å². The van der Waals surface area contributed by atoms with E-state index in [-0.39, 0.29) is 23.8 Å². The predicted molar refractivity (Wildman–Crippen MR) is 135 cm³/mol. The molecule has 1 aromatic carbocycles. The molecule has 4 heterocycles.